The minimum absolute atomic E-state index is 0.139. The van der Waals surface area contributed by atoms with E-state index in [4.69, 9.17) is 9.47 Å². The summed E-state index contributed by atoms with van der Waals surface area (Å²) in [5.41, 5.74) is 0.383. The molecule has 5 nitrogen and oxygen atoms in total. The largest absolute Gasteiger partial charge is 0.444 e. The van der Waals surface area contributed by atoms with Crippen LogP contribution in [0.15, 0.2) is 43.0 Å². The Morgan fingerprint density at radius 3 is 2.57 bits per heavy atom. The summed E-state index contributed by atoms with van der Waals surface area (Å²) >= 11 is 0. The molecule has 0 saturated heterocycles. The molecule has 1 rings (SSSR count). The van der Waals surface area contributed by atoms with Crippen molar-refractivity contribution in [1.29, 1.82) is 0 Å². The Morgan fingerprint density at radius 2 is 2.00 bits per heavy atom. The fourth-order valence-electron chi connectivity index (χ4n) is 1.93. The highest BCUT2D eigenvalue weighted by Gasteiger charge is 2.24. The third-order valence-corrected chi connectivity index (χ3v) is 2.85. The van der Waals surface area contributed by atoms with Gasteiger partial charge in [0.25, 0.3) is 0 Å². The lowest BCUT2D eigenvalue weighted by molar-refractivity contribution is -0.00311. The van der Waals surface area contributed by atoms with Gasteiger partial charge in [-0.05, 0) is 26.3 Å². The number of amides is 1. The second-order valence-corrected chi connectivity index (χ2v) is 6.33. The number of rotatable bonds is 8. The highest BCUT2D eigenvalue weighted by Crippen LogP contribution is 2.13. The zero-order valence-corrected chi connectivity index (χ0v) is 14.2. The monoisotopic (exact) mass is 321 g/mol. The van der Waals surface area contributed by atoms with Crippen molar-refractivity contribution < 1.29 is 19.4 Å². The van der Waals surface area contributed by atoms with E-state index in [0.717, 1.165) is 5.56 Å². The first-order valence-electron chi connectivity index (χ1n) is 7.70. The summed E-state index contributed by atoms with van der Waals surface area (Å²) in [5.74, 6) is 0. The molecule has 0 aliphatic rings. The molecule has 128 valence electrons. The van der Waals surface area contributed by atoms with Gasteiger partial charge in [-0.3, -0.25) is 0 Å². The van der Waals surface area contributed by atoms with E-state index in [1.54, 1.807) is 6.08 Å². The van der Waals surface area contributed by atoms with Crippen molar-refractivity contribution in [2.45, 2.75) is 39.0 Å². The maximum atomic E-state index is 12.4. The van der Waals surface area contributed by atoms with Gasteiger partial charge in [0.15, 0.2) is 0 Å². The number of carbonyl (C=O) groups is 1. The lowest BCUT2D eigenvalue weighted by Gasteiger charge is -2.29. The van der Waals surface area contributed by atoms with E-state index < -0.39 is 17.8 Å². The molecule has 0 saturated carbocycles. The van der Waals surface area contributed by atoms with Gasteiger partial charge in [-0.25, -0.2) is 4.79 Å². The minimum atomic E-state index is -0.786. The molecule has 0 aliphatic heterocycles. The van der Waals surface area contributed by atoms with Crippen LogP contribution in [0.2, 0.25) is 0 Å². The summed E-state index contributed by atoms with van der Waals surface area (Å²) in [7, 11) is 0. The van der Waals surface area contributed by atoms with E-state index in [-0.39, 0.29) is 13.2 Å². The van der Waals surface area contributed by atoms with E-state index >= 15 is 0 Å². The van der Waals surface area contributed by atoms with Crippen LogP contribution in [-0.4, -0.2) is 47.6 Å². The normalized spacial score (nSPS) is 12.5. The first-order valence-corrected chi connectivity index (χ1v) is 7.70. The van der Waals surface area contributed by atoms with Gasteiger partial charge in [0.2, 0.25) is 0 Å². The number of hydrogen-bond donors (Lipinski definition) is 1. The topological polar surface area (TPSA) is 59.0 Å². The molecule has 0 heterocycles. The van der Waals surface area contributed by atoms with Gasteiger partial charge < -0.3 is 19.5 Å². The van der Waals surface area contributed by atoms with Crippen LogP contribution in [0.4, 0.5) is 4.79 Å². The van der Waals surface area contributed by atoms with E-state index in [1.165, 1.54) is 4.90 Å². The third-order valence-electron chi connectivity index (χ3n) is 2.85. The Labute approximate surface area is 138 Å². The summed E-state index contributed by atoms with van der Waals surface area (Å²) in [5, 5.41) is 10.1. The van der Waals surface area contributed by atoms with Gasteiger partial charge in [-0.15, -0.1) is 6.58 Å². The number of nitrogens with zero attached hydrogens (tertiary/aromatic N) is 1. The van der Waals surface area contributed by atoms with Gasteiger partial charge in [0, 0.05) is 6.54 Å². The molecular formula is C18H27NO4. The third kappa shape index (κ3) is 8.38. The van der Waals surface area contributed by atoms with Gasteiger partial charge in [-0.1, -0.05) is 36.4 Å². The zero-order valence-electron chi connectivity index (χ0n) is 14.2. The molecule has 0 aromatic heterocycles. The Kier molecular flexibility index (Phi) is 7.78. The second-order valence-electron chi connectivity index (χ2n) is 6.33. The Balaban J connectivity index is 2.71. The predicted octanol–water partition coefficient (Wildman–Crippen LogP) is 2.99. The molecule has 1 aromatic rings. The number of benzene rings is 1. The first-order chi connectivity index (χ1) is 10.8. The summed E-state index contributed by atoms with van der Waals surface area (Å²) in [6.45, 7) is 10.0. The molecule has 1 N–H and O–H groups in total. The van der Waals surface area contributed by atoms with Crippen molar-refractivity contribution in [3.8, 4) is 0 Å². The van der Waals surface area contributed by atoms with Crippen LogP contribution >= 0.6 is 0 Å². The molecule has 1 aromatic carbocycles. The van der Waals surface area contributed by atoms with Crippen LogP contribution in [0.3, 0.4) is 0 Å². The van der Waals surface area contributed by atoms with Crippen LogP contribution in [0.5, 0.6) is 0 Å². The zero-order chi connectivity index (χ0) is 17.3. The summed E-state index contributed by atoms with van der Waals surface area (Å²) in [6.07, 6.45) is 0.373. The SMILES string of the molecule is C=CCOCC(O)CN(Cc1ccccc1)C(=O)OC(C)(C)C. The standard InChI is InChI=1S/C18H27NO4/c1-5-11-22-14-16(20)13-19(17(21)23-18(2,3)4)12-15-9-7-6-8-10-15/h5-10,16,20H,1,11-14H2,2-4H3. The van der Waals surface area contributed by atoms with Crippen LogP contribution < -0.4 is 0 Å². The smallest absolute Gasteiger partial charge is 0.410 e. The predicted molar refractivity (Wildman–Crippen MR) is 90.1 cm³/mol. The van der Waals surface area contributed by atoms with Crippen molar-refractivity contribution in [3.63, 3.8) is 0 Å². The Bertz CT molecular complexity index is 482. The van der Waals surface area contributed by atoms with Crippen molar-refractivity contribution in [3.05, 3.63) is 48.6 Å². The van der Waals surface area contributed by atoms with Crippen LogP contribution in [-0.2, 0) is 16.0 Å². The lowest BCUT2D eigenvalue weighted by Crippen LogP contribution is -2.41. The molecule has 0 bridgehead atoms. The van der Waals surface area contributed by atoms with Crippen LogP contribution in [0.1, 0.15) is 26.3 Å². The molecule has 0 fully saturated rings. The molecule has 1 amide bonds. The van der Waals surface area contributed by atoms with Gasteiger partial charge in [0.1, 0.15) is 5.60 Å². The lowest BCUT2D eigenvalue weighted by atomic mass is 10.2. The number of ether oxygens (including phenoxy) is 2. The Morgan fingerprint density at radius 1 is 1.35 bits per heavy atom. The second kappa shape index (κ2) is 9.33. The summed E-state index contributed by atoms with van der Waals surface area (Å²) in [4.78, 5) is 13.9. The van der Waals surface area contributed by atoms with E-state index in [1.807, 2.05) is 51.1 Å². The summed E-state index contributed by atoms with van der Waals surface area (Å²) < 4.78 is 10.6. The number of hydrogen-bond acceptors (Lipinski definition) is 4. The number of aliphatic hydroxyl groups is 1. The number of carbonyl (C=O) groups excluding carboxylic acids is 1. The quantitative estimate of drug-likeness (QED) is 0.591. The van der Waals surface area contributed by atoms with Crippen molar-refractivity contribution in [1.82, 2.24) is 4.90 Å². The van der Waals surface area contributed by atoms with E-state index in [9.17, 15) is 9.90 Å². The van der Waals surface area contributed by atoms with Gasteiger partial charge in [-0.2, -0.15) is 0 Å². The fourth-order valence-corrected chi connectivity index (χ4v) is 1.93. The molecule has 0 aliphatic carbocycles. The average Bonchev–Trinajstić information content (AvgIpc) is 2.46. The van der Waals surface area contributed by atoms with Gasteiger partial charge >= 0.3 is 6.09 Å². The van der Waals surface area contributed by atoms with Crippen molar-refractivity contribution >= 4 is 6.09 Å². The molecular weight excluding hydrogens is 294 g/mol. The Hall–Kier alpha value is -1.85. The van der Waals surface area contributed by atoms with E-state index in [2.05, 4.69) is 6.58 Å². The molecule has 1 unspecified atom stereocenters. The average molecular weight is 321 g/mol. The van der Waals surface area contributed by atoms with Crippen molar-refractivity contribution in [2.24, 2.45) is 0 Å². The highest BCUT2D eigenvalue weighted by atomic mass is 16.6. The molecule has 1 atom stereocenters. The highest BCUT2D eigenvalue weighted by molar-refractivity contribution is 5.68. The maximum absolute atomic E-state index is 12.4. The van der Waals surface area contributed by atoms with Crippen LogP contribution in [0, 0.1) is 0 Å². The number of aliphatic hydroxyl groups excluding tert-OH is 1. The van der Waals surface area contributed by atoms with Crippen molar-refractivity contribution in [2.75, 3.05) is 19.8 Å². The van der Waals surface area contributed by atoms with E-state index in [0.29, 0.717) is 13.2 Å². The first kappa shape index (κ1) is 19.2. The molecule has 0 spiro atoms. The molecule has 0 radical (unpaired) electrons. The van der Waals surface area contributed by atoms with Crippen LogP contribution in [0.25, 0.3) is 0 Å². The summed E-state index contributed by atoms with van der Waals surface area (Å²) in [6, 6.07) is 9.59. The fraction of sp³-hybridized carbons (Fsp3) is 0.500. The minimum Gasteiger partial charge on any atom is -0.444 e. The molecule has 5 heteroatoms. The van der Waals surface area contributed by atoms with Gasteiger partial charge in [0.05, 0.1) is 25.9 Å². The maximum Gasteiger partial charge on any atom is 0.410 e. The molecule has 23 heavy (non-hydrogen) atoms.